The molecule has 1 heterocycles. The number of esters is 1. The van der Waals surface area contributed by atoms with Gasteiger partial charge in [-0.05, 0) is 31.0 Å². The molecule has 0 saturated heterocycles. The number of hydrogen-bond donors (Lipinski definition) is 1. The van der Waals surface area contributed by atoms with Crippen molar-refractivity contribution in [1.29, 1.82) is 0 Å². The first-order chi connectivity index (χ1) is 13.5. The van der Waals surface area contributed by atoms with Crippen molar-refractivity contribution in [2.45, 2.75) is 51.2 Å². The smallest absolute Gasteiger partial charge is 0.337 e. The van der Waals surface area contributed by atoms with Gasteiger partial charge in [-0.25, -0.2) is 9.78 Å². The van der Waals surface area contributed by atoms with Gasteiger partial charge < -0.3 is 10.1 Å². The van der Waals surface area contributed by atoms with Crippen LogP contribution in [-0.4, -0.2) is 40.8 Å². The van der Waals surface area contributed by atoms with Gasteiger partial charge in [-0.15, -0.1) is 0 Å². The van der Waals surface area contributed by atoms with Crippen molar-refractivity contribution < 1.29 is 14.3 Å². The zero-order valence-electron chi connectivity index (χ0n) is 16.6. The molecule has 1 amide bonds. The van der Waals surface area contributed by atoms with E-state index >= 15 is 0 Å². The van der Waals surface area contributed by atoms with Gasteiger partial charge in [0.1, 0.15) is 0 Å². The van der Waals surface area contributed by atoms with E-state index in [0.29, 0.717) is 34.7 Å². The third kappa shape index (κ3) is 5.58. The zero-order chi connectivity index (χ0) is 20.5. The van der Waals surface area contributed by atoms with Gasteiger partial charge in [0.2, 0.25) is 5.91 Å². The van der Waals surface area contributed by atoms with Crippen LogP contribution in [-0.2, 0) is 16.1 Å². The van der Waals surface area contributed by atoms with Gasteiger partial charge >= 0.3 is 5.97 Å². The summed E-state index contributed by atoms with van der Waals surface area (Å²) in [6.07, 6.45) is 3.72. The quantitative estimate of drug-likeness (QED) is 0.283. The molecule has 0 atom stereocenters. The average molecular weight is 406 g/mol. The molecule has 1 N–H and O–H groups in total. The van der Waals surface area contributed by atoms with Crippen LogP contribution in [0.5, 0.6) is 0 Å². The number of nitrogens with zero attached hydrogens (tertiary/aromatic N) is 2. The van der Waals surface area contributed by atoms with E-state index in [0.717, 1.165) is 25.7 Å². The number of aromatic nitrogens is 2. The lowest BCUT2D eigenvalue weighted by Gasteiger charge is -2.13. The maximum absolute atomic E-state index is 13.0. The molecule has 1 aromatic heterocycles. The zero-order valence-corrected chi connectivity index (χ0v) is 17.4. The maximum Gasteiger partial charge on any atom is 0.337 e. The molecule has 28 heavy (non-hydrogen) atoms. The van der Waals surface area contributed by atoms with Crippen molar-refractivity contribution >= 4 is 34.5 Å². The predicted octanol–water partition coefficient (Wildman–Crippen LogP) is 2.99. The fourth-order valence-corrected chi connectivity index (χ4v) is 3.51. The van der Waals surface area contributed by atoms with Gasteiger partial charge in [-0.1, -0.05) is 38.5 Å². The summed E-state index contributed by atoms with van der Waals surface area (Å²) in [5, 5.41) is 3.79. The molecule has 152 valence electrons. The van der Waals surface area contributed by atoms with Crippen LogP contribution in [0.4, 0.5) is 0 Å². The minimum absolute atomic E-state index is 0.0850. The number of methoxy groups -OCH3 is 1. The highest BCUT2D eigenvalue weighted by molar-refractivity contribution is 7.99. The molecule has 0 aliphatic carbocycles. The van der Waals surface area contributed by atoms with Gasteiger partial charge in [-0.3, -0.25) is 14.2 Å². The highest BCUT2D eigenvalue weighted by Gasteiger charge is 2.15. The standard InChI is InChI=1S/C20H27N3O4S/c1-4-6-10-21-17(24)13-28-20-22-16-12-14(19(26)27-3)8-9-15(16)18(25)23(20)11-7-5-2/h8-9,12H,4-7,10-11,13H2,1-3H3,(H,21,24). The first-order valence-electron chi connectivity index (χ1n) is 9.54. The van der Waals surface area contributed by atoms with E-state index < -0.39 is 5.97 Å². The molecule has 8 heteroatoms. The van der Waals surface area contributed by atoms with Crippen LogP contribution >= 0.6 is 11.8 Å². The molecule has 0 radical (unpaired) electrons. The number of ether oxygens (including phenoxy) is 1. The Morgan fingerprint density at radius 1 is 1.21 bits per heavy atom. The van der Waals surface area contributed by atoms with Crippen LogP contribution < -0.4 is 10.9 Å². The summed E-state index contributed by atoms with van der Waals surface area (Å²) in [6.45, 7) is 5.30. The fourth-order valence-electron chi connectivity index (χ4n) is 2.65. The Hall–Kier alpha value is -2.35. The van der Waals surface area contributed by atoms with Crippen molar-refractivity contribution in [2.24, 2.45) is 0 Å². The van der Waals surface area contributed by atoms with E-state index in [1.165, 1.54) is 18.9 Å². The van der Waals surface area contributed by atoms with Gasteiger partial charge in [0.05, 0.1) is 29.3 Å². The van der Waals surface area contributed by atoms with Crippen LogP contribution in [0.3, 0.4) is 0 Å². The number of hydrogen-bond acceptors (Lipinski definition) is 6. The average Bonchev–Trinajstić information content (AvgIpc) is 2.71. The topological polar surface area (TPSA) is 90.3 Å². The summed E-state index contributed by atoms with van der Waals surface area (Å²) in [7, 11) is 1.31. The normalized spacial score (nSPS) is 10.8. The number of amides is 1. The highest BCUT2D eigenvalue weighted by atomic mass is 32.2. The lowest BCUT2D eigenvalue weighted by molar-refractivity contribution is -0.118. The molecule has 0 spiro atoms. The number of thioether (sulfide) groups is 1. The van der Waals surface area contributed by atoms with Crippen molar-refractivity contribution in [2.75, 3.05) is 19.4 Å². The molecule has 0 bridgehead atoms. The van der Waals surface area contributed by atoms with E-state index in [-0.39, 0.29) is 17.2 Å². The van der Waals surface area contributed by atoms with Crippen LogP contribution in [0.25, 0.3) is 10.9 Å². The van der Waals surface area contributed by atoms with E-state index in [4.69, 9.17) is 4.74 Å². The van der Waals surface area contributed by atoms with Crippen LogP contribution in [0, 0.1) is 0 Å². The number of carbonyl (C=O) groups is 2. The molecule has 0 aliphatic heterocycles. The SMILES string of the molecule is CCCCNC(=O)CSc1nc2cc(C(=O)OC)ccc2c(=O)n1CCCC. The number of benzene rings is 1. The van der Waals surface area contributed by atoms with Crippen molar-refractivity contribution in [3.8, 4) is 0 Å². The van der Waals surface area contributed by atoms with Gasteiger partial charge in [0.25, 0.3) is 5.56 Å². The third-order valence-electron chi connectivity index (χ3n) is 4.26. The molecule has 7 nitrogen and oxygen atoms in total. The largest absolute Gasteiger partial charge is 0.465 e. The Balaban J connectivity index is 2.35. The van der Waals surface area contributed by atoms with E-state index in [2.05, 4.69) is 24.1 Å². The summed E-state index contributed by atoms with van der Waals surface area (Å²) < 4.78 is 6.36. The monoisotopic (exact) mass is 405 g/mol. The van der Waals surface area contributed by atoms with Gasteiger partial charge in [-0.2, -0.15) is 0 Å². The summed E-state index contributed by atoms with van der Waals surface area (Å²) in [5.41, 5.74) is 0.597. The molecule has 0 fully saturated rings. The van der Waals surface area contributed by atoms with Crippen LogP contribution in [0.2, 0.25) is 0 Å². The second-order valence-corrected chi connectivity index (χ2v) is 7.36. The third-order valence-corrected chi connectivity index (χ3v) is 5.24. The molecule has 2 rings (SSSR count). The van der Waals surface area contributed by atoms with Crippen molar-refractivity contribution in [3.63, 3.8) is 0 Å². The Kier molecular flexibility index (Phi) is 8.50. The Bertz CT molecular complexity index is 895. The number of rotatable bonds is 10. The molecule has 1 aromatic carbocycles. The lowest BCUT2D eigenvalue weighted by atomic mass is 10.1. The number of carbonyl (C=O) groups excluding carboxylic acids is 2. The van der Waals surface area contributed by atoms with Crippen LogP contribution in [0.15, 0.2) is 28.2 Å². The van der Waals surface area contributed by atoms with Crippen molar-refractivity contribution in [3.05, 3.63) is 34.1 Å². The van der Waals surface area contributed by atoms with Crippen LogP contribution in [0.1, 0.15) is 49.9 Å². The number of unbranched alkanes of at least 4 members (excludes halogenated alkanes) is 2. The fraction of sp³-hybridized carbons (Fsp3) is 0.500. The van der Waals surface area contributed by atoms with E-state index in [9.17, 15) is 14.4 Å². The van der Waals surface area contributed by atoms with Gasteiger partial charge in [0, 0.05) is 13.1 Å². The summed E-state index contributed by atoms with van der Waals surface area (Å²) in [5.74, 6) is -0.383. The second kappa shape index (κ2) is 10.8. The summed E-state index contributed by atoms with van der Waals surface area (Å²) >= 11 is 1.24. The molecular weight excluding hydrogens is 378 g/mol. The molecule has 2 aromatic rings. The number of fused-ring (bicyclic) bond motifs is 1. The molecular formula is C20H27N3O4S. The molecule has 0 unspecified atom stereocenters. The highest BCUT2D eigenvalue weighted by Crippen LogP contribution is 2.19. The predicted molar refractivity (Wildman–Crippen MR) is 111 cm³/mol. The van der Waals surface area contributed by atoms with Crippen molar-refractivity contribution in [1.82, 2.24) is 14.9 Å². The first-order valence-corrected chi connectivity index (χ1v) is 10.5. The Morgan fingerprint density at radius 3 is 2.64 bits per heavy atom. The Morgan fingerprint density at radius 2 is 1.96 bits per heavy atom. The Labute approximate surface area is 168 Å². The number of nitrogens with one attached hydrogen (secondary N) is 1. The summed E-state index contributed by atoms with van der Waals surface area (Å²) in [4.78, 5) is 41.4. The first kappa shape index (κ1) is 21.9. The molecule has 0 aliphatic rings. The lowest BCUT2D eigenvalue weighted by Crippen LogP contribution is -2.27. The van der Waals surface area contributed by atoms with Gasteiger partial charge in [0.15, 0.2) is 5.16 Å². The van der Waals surface area contributed by atoms with E-state index in [1.807, 2.05) is 0 Å². The minimum Gasteiger partial charge on any atom is -0.465 e. The minimum atomic E-state index is -0.483. The van der Waals surface area contributed by atoms with E-state index in [1.54, 1.807) is 22.8 Å². The maximum atomic E-state index is 13.0. The second-order valence-electron chi connectivity index (χ2n) is 6.42. The summed E-state index contributed by atoms with van der Waals surface area (Å²) in [6, 6.07) is 4.72. The molecule has 0 saturated carbocycles.